The van der Waals surface area contributed by atoms with E-state index in [0.29, 0.717) is 5.56 Å². The molecule has 1 aliphatic rings. The summed E-state index contributed by atoms with van der Waals surface area (Å²) in [6, 6.07) is 7.08. The van der Waals surface area contributed by atoms with Crippen LogP contribution in [0.3, 0.4) is 0 Å². The van der Waals surface area contributed by atoms with Gasteiger partial charge in [-0.1, -0.05) is 18.2 Å². The van der Waals surface area contributed by atoms with Crippen molar-refractivity contribution in [2.75, 3.05) is 19.6 Å². The Bertz CT molecular complexity index is 479. The smallest absolute Gasteiger partial charge is 0.335 e. The number of alkyl halides is 1. The van der Waals surface area contributed by atoms with Crippen molar-refractivity contribution in [2.45, 2.75) is 18.7 Å². The molecule has 1 atom stereocenters. The third kappa shape index (κ3) is 3.82. The fourth-order valence-corrected chi connectivity index (χ4v) is 2.52. The predicted octanol–water partition coefficient (Wildman–Crippen LogP) is 3.10. The molecule has 0 radical (unpaired) electrons. The lowest BCUT2D eigenvalue weighted by atomic mass is 9.98. The molecule has 19 heavy (non-hydrogen) atoms. The molecular formula is C15H18ClNO2. The Balaban J connectivity index is 2.03. The van der Waals surface area contributed by atoms with E-state index in [2.05, 4.69) is 11.0 Å². The second kappa shape index (κ2) is 6.22. The van der Waals surface area contributed by atoms with Gasteiger partial charge in [-0.15, -0.1) is 11.6 Å². The molecular weight excluding hydrogens is 262 g/mol. The molecule has 0 amide bonds. The largest absolute Gasteiger partial charge is 0.478 e. The summed E-state index contributed by atoms with van der Waals surface area (Å²) in [5.41, 5.74) is 2.73. The number of benzene rings is 1. The van der Waals surface area contributed by atoms with Crippen LogP contribution in [0.25, 0.3) is 5.57 Å². The van der Waals surface area contributed by atoms with Crippen LogP contribution in [-0.2, 0) is 0 Å². The number of rotatable bonds is 4. The minimum absolute atomic E-state index is 0.171. The second-order valence-electron chi connectivity index (χ2n) is 4.90. The molecule has 1 aromatic rings. The molecule has 102 valence electrons. The van der Waals surface area contributed by atoms with Crippen molar-refractivity contribution in [3.05, 3.63) is 41.5 Å². The molecule has 0 saturated carbocycles. The van der Waals surface area contributed by atoms with Crippen LogP contribution in [0.4, 0.5) is 0 Å². The first-order chi connectivity index (χ1) is 9.06. The summed E-state index contributed by atoms with van der Waals surface area (Å²) in [6.07, 6.45) is 3.19. The monoisotopic (exact) mass is 279 g/mol. The molecule has 1 heterocycles. The maximum Gasteiger partial charge on any atom is 0.335 e. The van der Waals surface area contributed by atoms with Gasteiger partial charge >= 0.3 is 5.97 Å². The van der Waals surface area contributed by atoms with Crippen LogP contribution in [0.2, 0.25) is 0 Å². The van der Waals surface area contributed by atoms with Crippen molar-refractivity contribution >= 4 is 23.1 Å². The summed E-state index contributed by atoms with van der Waals surface area (Å²) in [4.78, 5) is 13.1. The highest BCUT2D eigenvalue weighted by Crippen LogP contribution is 2.23. The molecule has 3 nitrogen and oxygen atoms in total. The first-order valence-electron chi connectivity index (χ1n) is 6.45. The summed E-state index contributed by atoms with van der Waals surface area (Å²) in [7, 11) is 0. The van der Waals surface area contributed by atoms with Crippen LogP contribution < -0.4 is 0 Å². The lowest BCUT2D eigenvalue weighted by Crippen LogP contribution is -2.32. The number of carboxylic acid groups (broad SMARTS) is 1. The zero-order valence-corrected chi connectivity index (χ0v) is 11.7. The van der Waals surface area contributed by atoms with Crippen molar-refractivity contribution in [3.63, 3.8) is 0 Å². The first kappa shape index (κ1) is 14.1. The second-order valence-corrected chi connectivity index (χ2v) is 5.65. The van der Waals surface area contributed by atoms with Crippen molar-refractivity contribution < 1.29 is 9.90 Å². The first-order valence-corrected chi connectivity index (χ1v) is 6.89. The van der Waals surface area contributed by atoms with E-state index >= 15 is 0 Å². The number of aromatic carboxylic acids is 1. The summed E-state index contributed by atoms with van der Waals surface area (Å²) >= 11 is 5.99. The standard InChI is InChI=1S/C15H18ClNO2/c1-11(16)10-17-8-6-13(7-9-17)12-2-4-14(5-3-12)15(18)19/h2-6,11H,7-10H2,1H3,(H,18,19). The Morgan fingerprint density at radius 1 is 1.42 bits per heavy atom. The Morgan fingerprint density at radius 2 is 2.11 bits per heavy atom. The molecule has 0 aliphatic carbocycles. The molecule has 2 rings (SSSR count). The highest BCUT2D eigenvalue weighted by atomic mass is 35.5. The lowest BCUT2D eigenvalue weighted by molar-refractivity contribution is 0.0697. The van der Waals surface area contributed by atoms with Gasteiger partial charge in [0.05, 0.1) is 5.56 Å². The van der Waals surface area contributed by atoms with Gasteiger partial charge in [-0.2, -0.15) is 0 Å². The van der Waals surface area contributed by atoms with Gasteiger partial charge in [0.2, 0.25) is 0 Å². The van der Waals surface area contributed by atoms with Crippen LogP contribution in [0, 0.1) is 0 Å². The van der Waals surface area contributed by atoms with Crippen molar-refractivity contribution in [2.24, 2.45) is 0 Å². The number of nitrogens with zero attached hydrogens (tertiary/aromatic N) is 1. The molecule has 0 saturated heterocycles. The maximum atomic E-state index is 10.8. The number of hydrogen-bond acceptors (Lipinski definition) is 2. The number of hydrogen-bond donors (Lipinski definition) is 1. The van der Waals surface area contributed by atoms with Gasteiger partial charge in [-0.25, -0.2) is 4.79 Å². The SMILES string of the molecule is CC(Cl)CN1CC=C(c2ccc(C(=O)O)cc2)CC1. The quantitative estimate of drug-likeness (QED) is 0.861. The van der Waals surface area contributed by atoms with Crippen LogP contribution >= 0.6 is 11.6 Å². The molecule has 1 N–H and O–H groups in total. The third-order valence-electron chi connectivity index (χ3n) is 3.31. The Morgan fingerprint density at radius 3 is 2.58 bits per heavy atom. The van der Waals surface area contributed by atoms with E-state index in [-0.39, 0.29) is 5.38 Å². The minimum Gasteiger partial charge on any atom is -0.478 e. The van der Waals surface area contributed by atoms with Crippen molar-refractivity contribution in [1.82, 2.24) is 4.90 Å². The minimum atomic E-state index is -0.883. The van der Waals surface area contributed by atoms with E-state index in [1.807, 2.05) is 19.1 Å². The van der Waals surface area contributed by atoms with Crippen molar-refractivity contribution in [3.8, 4) is 0 Å². The molecule has 1 unspecified atom stereocenters. The van der Waals surface area contributed by atoms with E-state index in [4.69, 9.17) is 16.7 Å². The highest BCUT2D eigenvalue weighted by Gasteiger charge is 2.14. The van der Waals surface area contributed by atoms with Crippen LogP contribution in [0.5, 0.6) is 0 Å². The topological polar surface area (TPSA) is 40.5 Å². The van der Waals surface area contributed by atoms with Gasteiger partial charge in [0, 0.05) is 25.0 Å². The Hall–Kier alpha value is -1.32. The molecule has 0 bridgehead atoms. The van der Waals surface area contributed by atoms with E-state index < -0.39 is 5.97 Å². The van der Waals surface area contributed by atoms with Crippen LogP contribution in [-0.4, -0.2) is 41.0 Å². The van der Waals surface area contributed by atoms with Gasteiger partial charge in [0.15, 0.2) is 0 Å². The Labute approximate surface area is 118 Å². The maximum absolute atomic E-state index is 10.8. The summed E-state index contributed by atoms with van der Waals surface area (Å²) in [5.74, 6) is -0.883. The average molecular weight is 280 g/mol. The zero-order chi connectivity index (χ0) is 13.8. The molecule has 0 spiro atoms. The van der Waals surface area contributed by atoms with E-state index in [0.717, 1.165) is 31.6 Å². The summed E-state index contributed by atoms with van der Waals surface area (Å²) in [6.45, 7) is 4.82. The van der Waals surface area contributed by atoms with E-state index in [1.165, 1.54) is 5.57 Å². The summed E-state index contributed by atoms with van der Waals surface area (Å²) < 4.78 is 0. The zero-order valence-electron chi connectivity index (χ0n) is 11.0. The molecule has 4 heteroatoms. The predicted molar refractivity (Wildman–Crippen MR) is 77.8 cm³/mol. The normalized spacial score (nSPS) is 17.9. The van der Waals surface area contributed by atoms with Gasteiger partial charge in [-0.05, 0) is 36.6 Å². The number of carbonyl (C=O) groups is 1. The third-order valence-corrected chi connectivity index (χ3v) is 3.44. The number of halogens is 1. The van der Waals surface area contributed by atoms with Gasteiger partial charge < -0.3 is 5.11 Å². The highest BCUT2D eigenvalue weighted by molar-refractivity contribution is 6.20. The molecule has 0 aromatic heterocycles. The van der Waals surface area contributed by atoms with E-state index in [1.54, 1.807) is 12.1 Å². The molecule has 0 fully saturated rings. The van der Waals surface area contributed by atoms with Gasteiger partial charge in [-0.3, -0.25) is 4.90 Å². The lowest BCUT2D eigenvalue weighted by Gasteiger charge is -2.27. The fraction of sp³-hybridized carbons (Fsp3) is 0.400. The fourth-order valence-electron chi connectivity index (χ4n) is 2.32. The Kier molecular flexibility index (Phi) is 4.61. The molecule has 1 aliphatic heterocycles. The van der Waals surface area contributed by atoms with Gasteiger partial charge in [0.1, 0.15) is 0 Å². The van der Waals surface area contributed by atoms with Gasteiger partial charge in [0.25, 0.3) is 0 Å². The van der Waals surface area contributed by atoms with E-state index in [9.17, 15) is 4.79 Å². The van der Waals surface area contributed by atoms with Crippen LogP contribution in [0.15, 0.2) is 30.3 Å². The van der Waals surface area contributed by atoms with Crippen molar-refractivity contribution in [1.29, 1.82) is 0 Å². The van der Waals surface area contributed by atoms with Crippen LogP contribution in [0.1, 0.15) is 29.3 Å². The molecule has 1 aromatic carbocycles. The average Bonchev–Trinajstić information content (AvgIpc) is 2.39. The number of carboxylic acids is 1. The summed E-state index contributed by atoms with van der Waals surface area (Å²) in [5, 5.41) is 9.04.